The van der Waals surface area contributed by atoms with Crippen molar-refractivity contribution >= 4 is 0 Å². The SMILES string of the molecule is O=[N+]([O-])C1C=CNC=C1. The highest BCUT2D eigenvalue weighted by Crippen LogP contribution is 1.96. The molecule has 0 amide bonds. The number of nitrogens with zero attached hydrogens (tertiary/aromatic N) is 1. The van der Waals surface area contributed by atoms with Crippen molar-refractivity contribution in [3.05, 3.63) is 34.7 Å². The van der Waals surface area contributed by atoms with Crippen LogP contribution >= 0.6 is 0 Å². The van der Waals surface area contributed by atoms with Gasteiger partial charge in [0.15, 0.2) is 0 Å². The average Bonchev–Trinajstić information content (AvgIpc) is 1.90. The molecule has 0 spiro atoms. The van der Waals surface area contributed by atoms with Crippen molar-refractivity contribution in [2.24, 2.45) is 0 Å². The molecule has 0 aromatic heterocycles. The fourth-order valence-corrected chi connectivity index (χ4v) is 0.569. The Morgan fingerprint density at radius 1 is 1.44 bits per heavy atom. The minimum Gasteiger partial charge on any atom is -0.368 e. The minimum absolute atomic E-state index is 0.353. The maximum atomic E-state index is 10.0. The van der Waals surface area contributed by atoms with Gasteiger partial charge in [0.25, 0.3) is 6.04 Å². The van der Waals surface area contributed by atoms with E-state index in [1.165, 1.54) is 12.2 Å². The first-order chi connectivity index (χ1) is 4.30. The minimum atomic E-state index is -0.647. The zero-order chi connectivity index (χ0) is 6.69. The van der Waals surface area contributed by atoms with Crippen molar-refractivity contribution in [2.75, 3.05) is 0 Å². The lowest BCUT2D eigenvalue weighted by molar-refractivity contribution is -0.496. The Bertz CT molecular complexity index is 162. The van der Waals surface area contributed by atoms with E-state index in [1.54, 1.807) is 12.4 Å². The molecular weight excluding hydrogens is 120 g/mol. The molecule has 0 saturated carbocycles. The number of hydrogen-bond donors (Lipinski definition) is 1. The van der Waals surface area contributed by atoms with Crippen molar-refractivity contribution in [3.8, 4) is 0 Å². The van der Waals surface area contributed by atoms with E-state index in [9.17, 15) is 10.1 Å². The molecule has 9 heavy (non-hydrogen) atoms. The van der Waals surface area contributed by atoms with Gasteiger partial charge in [0.2, 0.25) is 0 Å². The number of dihydropyridines is 1. The molecule has 4 heteroatoms. The topological polar surface area (TPSA) is 55.2 Å². The normalized spacial score (nSPS) is 17.3. The first kappa shape index (κ1) is 5.81. The van der Waals surface area contributed by atoms with Crippen LogP contribution in [0, 0.1) is 10.1 Å². The van der Waals surface area contributed by atoms with Gasteiger partial charge < -0.3 is 5.32 Å². The first-order valence-electron chi connectivity index (χ1n) is 2.53. The van der Waals surface area contributed by atoms with Crippen LogP contribution in [0.2, 0.25) is 0 Å². The van der Waals surface area contributed by atoms with Crippen LogP contribution in [0.5, 0.6) is 0 Å². The molecule has 1 rings (SSSR count). The number of nitro groups is 1. The summed E-state index contributed by atoms with van der Waals surface area (Å²) in [5, 5.41) is 12.7. The van der Waals surface area contributed by atoms with Crippen LogP contribution in [0.4, 0.5) is 0 Å². The molecule has 4 nitrogen and oxygen atoms in total. The van der Waals surface area contributed by atoms with Gasteiger partial charge in [-0.3, -0.25) is 10.1 Å². The molecule has 1 aliphatic heterocycles. The lowest BCUT2D eigenvalue weighted by Crippen LogP contribution is -2.17. The van der Waals surface area contributed by atoms with E-state index in [-0.39, 0.29) is 4.92 Å². The van der Waals surface area contributed by atoms with Crippen LogP contribution in [-0.4, -0.2) is 11.0 Å². The van der Waals surface area contributed by atoms with Gasteiger partial charge in [0.1, 0.15) is 0 Å². The van der Waals surface area contributed by atoms with Crippen molar-refractivity contribution in [1.29, 1.82) is 0 Å². The Balaban J connectivity index is 2.60. The standard InChI is InChI=1S/C5H6N2O2/c8-7(9)5-1-3-6-4-2-5/h1-6H. The summed E-state index contributed by atoms with van der Waals surface area (Å²) in [6.45, 7) is 0. The van der Waals surface area contributed by atoms with Crippen LogP contribution in [-0.2, 0) is 0 Å². The Kier molecular flexibility index (Phi) is 1.48. The van der Waals surface area contributed by atoms with Gasteiger partial charge in [0.05, 0.1) is 0 Å². The zero-order valence-corrected chi connectivity index (χ0v) is 4.65. The Labute approximate surface area is 52.0 Å². The second-order valence-electron chi connectivity index (χ2n) is 1.66. The summed E-state index contributed by atoms with van der Waals surface area (Å²) in [6, 6.07) is -0.647. The smallest absolute Gasteiger partial charge is 0.252 e. The molecule has 1 aliphatic rings. The summed E-state index contributed by atoms with van der Waals surface area (Å²) in [5.41, 5.74) is 0. The molecule has 0 aliphatic carbocycles. The number of rotatable bonds is 1. The Morgan fingerprint density at radius 2 is 2.00 bits per heavy atom. The van der Waals surface area contributed by atoms with Crippen molar-refractivity contribution < 1.29 is 4.92 Å². The molecule has 0 atom stereocenters. The largest absolute Gasteiger partial charge is 0.368 e. The van der Waals surface area contributed by atoms with Gasteiger partial charge in [-0.05, 0) is 0 Å². The second kappa shape index (κ2) is 2.30. The highest BCUT2D eigenvalue weighted by Gasteiger charge is 2.11. The van der Waals surface area contributed by atoms with Gasteiger partial charge in [0, 0.05) is 29.5 Å². The third-order valence-corrected chi connectivity index (χ3v) is 1.02. The van der Waals surface area contributed by atoms with E-state index in [4.69, 9.17) is 0 Å². The first-order valence-corrected chi connectivity index (χ1v) is 2.53. The molecular formula is C5H6N2O2. The number of nitrogens with one attached hydrogen (secondary N) is 1. The molecule has 1 N–H and O–H groups in total. The van der Waals surface area contributed by atoms with E-state index in [1.807, 2.05) is 0 Å². The lowest BCUT2D eigenvalue weighted by Gasteiger charge is -2.01. The molecule has 0 unspecified atom stereocenters. The molecule has 1 heterocycles. The predicted molar refractivity (Wildman–Crippen MR) is 32.2 cm³/mol. The lowest BCUT2D eigenvalue weighted by atomic mass is 10.3. The van der Waals surface area contributed by atoms with Gasteiger partial charge in [-0.2, -0.15) is 0 Å². The van der Waals surface area contributed by atoms with Crippen LogP contribution in [0.3, 0.4) is 0 Å². The van der Waals surface area contributed by atoms with E-state index >= 15 is 0 Å². The fraction of sp³-hybridized carbons (Fsp3) is 0.200. The van der Waals surface area contributed by atoms with Crippen LogP contribution < -0.4 is 5.32 Å². The molecule has 0 aromatic rings. The second-order valence-corrected chi connectivity index (χ2v) is 1.66. The van der Waals surface area contributed by atoms with Gasteiger partial charge in [-0.1, -0.05) is 0 Å². The molecule has 0 aromatic carbocycles. The monoisotopic (exact) mass is 126 g/mol. The predicted octanol–water partition coefficient (Wildman–Crippen LogP) is 0.262. The van der Waals surface area contributed by atoms with E-state index < -0.39 is 6.04 Å². The number of hydrogen-bond acceptors (Lipinski definition) is 3. The maximum absolute atomic E-state index is 10.0. The third-order valence-electron chi connectivity index (χ3n) is 1.02. The third kappa shape index (κ3) is 1.28. The van der Waals surface area contributed by atoms with Gasteiger partial charge >= 0.3 is 0 Å². The van der Waals surface area contributed by atoms with Crippen LogP contribution in [0.15, 0.2) is 24.6 Å². The maximum Gasteiger partial charge on any atom is 0.252 e. The van der Waals surface area contributed by atoms with E-state index in [2.05, 4.69) is 5.32 Å². The average molecular weight is 126 g/mol. The van der Waals surface area contributed by atoms with Crippen molar-refractivity contribution in [3.63, 3.8) is 0 Å². The molecule has 0 radical (unpaired) electrons. The fourth-order valence-electron chi connectivity index (χ4n) is 0.569. The quantitative estimate of drug-likeness (QED) is 0.405. The van der Waals surface area contributed by atoms with Crippen LogP contribution in [0.25, 0.3) is 0 Å². The summed E-state index contributed by atoms with van der Waals surface area (Å²) < 4.78 is 0. The van der Waals surface area contributed by atoms with Crippen LogP contribution in [0.1, 0.15) is 0 Å². The van der Waals surface area contributed by atoms with Crippen molar-refractivity contribution in [1.82, 2.24) is 5.32 Å². The Morgan fingerprint density at radius 3 is 2.33 bits per heavy atom. The summed E-state index contributed by atoms with van der Waals surface area (Å²) in [4.78, 5) is 9.68. The van der Waals surface area contributed by atoms with Gasteiger partial charge in [-0.25, -0.2) is 0 Å². The van der Waals surface area contributed by atoms with E-state index in [0.717, 1.165) is 0 Å². The summed E-state index contributed by atoms with van der Waals surface area (Å²) >= 11 is 0. The highest BCUT2D eigenvalue weighted by atomic mass is 16.6. The van der Waals surface area contributed by atoms with E-state index in [0.29, 0.717) is 0 Å². The summed E-state index contributed by atoms with van der Waals surface area (Å²) in [5.74, 6) is 0. The van der Waals surface area contributed by atoms with Crippen molar-refractivity contribution in [2.45, 2.75) is 6.04 Å². The zero-order valence-electron chi connectivity index (χ0n) is 4.65. The summed E-state index contributed by atoms with van der Waals surface area (Å²) in [6.07, 6.45) is 6.07. The molecule has 0 fully saturated rings. The molecule has 0 saturated heterocycles. The molecule has 48 valence electrons. The molecule has 0 bridgehead atoms. The summed E-state index contributed by atoms with van der Waals surface area (Å²) in [7, 11) is 0. The highest BCUT2D eigenvalue weighted by molar-refractivity contribution is 5.07. The Hall–Kier alpha value is -1.32. The van der Waals surface area contributed by atoms with Gasteiger partial charge in [-0.15, -0.1) is 0 Å².